The van der Waals surface area contributed by atoms with Crippen LogP contribution in [0.15, 0.2) is 0 Å². The molecule has 1 aliphatic carbocycles. The zero-order chi connectivity index (χ0) is 14.1. The number of rotatable bonds is 9. The van der Waals surface area contributed by atoms with E-state index < -0.39 is 0 Å². The monoisotopic (exact) mass is 271 g/mol. The van der Waals surface area contributed by atoms with Crippen LogP contribution in [0, 0.1) is 11.8 Å². The minimum Gasteiger partial charge on any atom is -0.389 e. The fourth-order valence-electron chi connectivity index (χ4n) is 2.91. The summed E-state index contributed by atoms with van der Waals surface area (Å²) in [5.41, 5.74) is 0. The molecule has 0 aromatic heterocycles. The summed E-state index contributed by atoms with van der Waals surface area (Å²) in [7, 11) is 0. The van der Waals surface area contributed by atoms with E-state index in [0.717, 1.165) is 18.9 Å². The summed E-state index contributed by atoms with van der Waals surface area (Å²) in [4.78, 5) is 0. The number of hydrogen-bond donors (Lipinski definition) is 2. The predicted octanol–water partition coefficient (Wildman–Crippen LogP) is 2.97. The molecule has 3 heteroatoms. The van der Waals surface area contributed by atoms with Gasteiger partial charge in [0.25, 0.3) is 0 Å². The summed E-state index contributed by atoms with van der Waals surface area (Å²) in [6.45, 7) is 8.64. The SMILES string of the molecule is CC(C)CC(C)OCC(O)CNCC1CCCCC1. The Balaban J connectivity index is 1.99. The van der Waals surface area contributed by atoms with Crippen LogP contribution in [0.1, 0.15) is 59.3 Å². The van der Waals surface area contributed by atoms with Crippen molar-refractivity contribution in [2.24, 2.45) is 11.8 Å². The highest BCUT2D eigenvalue weighted by Crippen LogP contribution is 2.22. The lowest BCUT2D eigenvalue weighted by molar-refractivity contribution is -0.00877. The van der Waals surface area contributed by atoms with Crippen LogP contribution in [-0.4, -0.2) is 37.0 Å². The molecule has 0 aromatic rings. The molecule has 0 amide bonds. The summed E-state index contributed by atoms with van der Waals surface area (Å²) in [6.07, 6.45) is 7.79. The van der Waals surface area contributed by atoms with Crippen LogP contribution in [-0.2, 0) is 4.74 Å². The van der Waals surface area contributed by atoms with Gasteiger partial charge < -0.3 is 15.2 Å². The minimum atomic E-state index is -0.377. The maximum atomic E-state index is 9.87. The molecule has 0 aliphatic heterocycles. The Labute approximate surface area is 119 Å². The van der Waals surface area contributed by atoms with Gasteiger partial charge in [0.15, 0.2) is 0 Å². The lowest BCUT2D eigenvalue weighted by Crippen LogP contribution is -2.34. The van der Waals surface area contributed by atoms with E-state index in [4.69, 9.17) is 4.74 Å². The zero-order valence-electron chi connectivity index (χ0n) is 13.0. The van der Waals surface area contributed by atoms with Crippen LogP contribution in [0.4, 0.5) is 0 Å². The summed E-state index contributed by atoms with van der Waals surface area (Å²) >= 11 is 0. The third kappa shape index (κ3) is 8.61. The van der Waals surface area contributed by atoms with Crippen LogP contribution in [0.2, 0.25) is 0 Å². The molecule has 0 heterocycles. The van der Waals surface area contributed by atoms with Crippen LogP contribution >= 0.6 is 0 Å². The molecule has 0 bridgehead atoms. The van der Waals surface area contributed by atoms with Crippen molar-refractivity contribution in [3.63, 3.8) is 0 Å². The lowest BCUT2D eigenvalue weighted by atomic mass is 9.89. The molecule has 114 valence electrons. The first-order chi connectivity index (χ1) is 9.08. The van der Waals surface area contributed by atoms with Crippen LogP contribution in [0.25, 0.3) is 0 Å². The van der Waals surface area contributed by atoms with E-state index in [1.165, 1.54) is 32.1 Å². The Bertz CT molecular complexity index is 215. The molecule has 0 saturated heterocycles. The van der Waals surface area contributed by atoms with Gasteiger partial charge in [0.2, 0.25) is 0 Å². The third-order valence-corrected chi connectivity index (χ3v) is 3.91. The Morgan fingerprint density at radius 2 is 1.84 bits per heavy atom. The smallest absolute Gasteiger partial charge is 0.0897 e. The summed E-state index contributed by atoms with van der Waals surface area (Å²) in [5, 5.41) is 13.3. The van der Waals surface area contributed by atoms with E-state index in [1.54, 1.807) is 0 Å². The first kappa shape index (κ1) is 16.9. The first-order valence-electron chi connectivity index (χ1n) is 8.08. The fraction of sp³-hybridized carbons (Fsp3) is 1.00. The Kier molecular flexibility index (Phi) is 8.67. The highest BCUT2D eigenvalue weighted by atomic mass is 16.5. The molecule has 2 unspecified atom stereocenters. The fourth-order valence-corrected chi connectivity index (χ4v) is 2.91. The summed E-state index contributed by atoms with van der Waals surface area (Å²) in [5.74, 6) is 1.47. The largest absolute Gasteiger partial charge is 0.389 e. The number of nitrogens with one attached hydrogen (secondary N) is 1. The van der Waals surface area contributed by atoms with Gasteiger partial charge in [-0.05, 0) is 44.6 Å². The second kappa shape index (κ2) is 9.73. The molecule has 2 N–H and O–H groups in total. The summed E-state index contributed by atoms with van der Waals surface area (Å²) in [6, 6.07) is 0. The van der Waals surface area contributed by atoms with Gasteiger partial charge in [-0.2, -0.15) is 0 Å². The molecule has 0 radical (unpaired) electrons. The minimum absolute atomic E-state index is 0.244. The molecule has 2 atom stereocenters. The van der Waals surface area contributed by atoms with Gasteiger partial charge in [-0.1, -0.05) is 33.1 Å². The molecular formula is C16H33NO2. The highest BCUT2D eigenvalue weighted by molar-refractivity contribution is 4.69. The van der Waals surface area contributed by atoms with Crippen molar-refractivity contribution in [2.75, 3.05) is 19.7 Å². The number of aliphatic hydroxyl groups excluding tert-OH is 1. The van der Waals surface area contributed by atoms with Crippen molar-refractivity contribution >= 4 is 0 Å². The van der Waals surface area contributed by atoms with Crippen molar-refractivity contribution in [3.8, 4) is 0 Å². The molecule has 0 aromatic carbocycles. The molecule has 19 heavy (non-hydrogen) atoms. The average Bonchev–Trinajstić information content (AvgIpc) is 2.37. The quantitative estimate of drug-likeness (QED) is 0.677. The van der Waals surface area contributed by atoms with Gasteiger partial charge >= 0.3 is 0 Å². The van der Waals surface area contributed by atoms with Gasteiger partial charge in [-0.15, -0.1) is 0 Å². The van der Waals surface area contributed by atoms with E-state index in [9.17, 15) is 5.11 Å². The Hall–Kier alpha value is -0.120. The van der Waals surface area contributed by atoms with Crippen molar-refractivity contribution in [3.05, 3.63) is 0 Å². The second-order valence-corrected chi connectivity index (χ2v) is 6.59. The van der Waals surface area contributed by atoms with Gasteiger partial charge in [0.05, 0.1) is 18.8 Å². The van der Waals surface area contributed by atoms with Crippen LogP contribution in [0.5, 0.6) is 0 Å². The molecular weight excluding hydrogens is 238 g/mol. The normalized spacial score (nSPS) is 20.7. The van der Waals surface area contributed by atoms with Crippen molar-refractivity contribution in [1.29, 1.82) is 0 Å². The maximum Gasteiger partial charge on any atom is 0.0897 e. The van der Waals surface area contributed by atoms with Crippen molar-refractivity contribution < 1.29 is 9.84 Å². The van der Waals surface area contributed by atoms with E-state index in [1.807, 2.05) is 0 Å². The Morgan fingerprint density at radius 1 is 1.16 bits per heavy atom. The molecule has 1 saturated carbocycles. The molecule has 1 fully saturated rings. The van der Waals surface area contributed by atoms with Crippen molar-refractivity contribution in [1.82, 2.24) is 5.32 Å². The van der Waals surface area contributed by atoms with E-state index in [-0.39, 0.29) is 12.2 Å². The summed E-state index contributed by atoms with van der Waals surface area (Å²) < 4.78 is 5.67. The molecule has 3 nitrogen and oxygen atoms in total. The Morgan fingerprint density at radius 3 is 2.47 bits per heavy atom. The van der Waals surface area contributed by atoms with Gasteiger partial charge in [0, 0.05) is 6.54 Å². The molecule has 1 aliphatic rings. The number of hydrogen-bond acceptors (Lipinski definition) is 3. The van der Waals surface area contributed by atoms with E-state index in [0.29, 0.717) is 19.1 Å². The number of ether oxygens (including phenoxy) is 1. The highest BCUT2D eigenvalue weighted by Gasteiger charge is 2.14. The zero-order valence-corrected chi connectivity index (χ0v) is 13.0. The topological polar surface area (TPSA) is 41.5 Å². The third-order valence-electron chi connectivity index (χ3n) is 3.91. The standard InChI is InChI=1S/C16H33NO2/c1-13(2)9-14(3)19-12-16(18)11-17-10-15-7-5-4-6-8-15/h13-18H,4-12H2,1-3H3. The van der Waals surface area contributed by atoms with Crippen LogP contribution < -0.4 is 5.32 Å². The van der Waals surface area contributed by atoms with Crippen molar-refractivity contribution in [2.45, 2.75) is 71.5 Å². The van der Waals surface area contributed by atoms with Gasteiger partial charge in [-0.25, -0.2) is 0 Å². The average molecular weight is 271 g/mol. The number of aliphatic hydroxyl groups is 1. The van der Waals surface area contributed by atoms with E-state index in [2.05, 4.69) is 26.1 Å². The maximum absolute atomic E-state index is 9.87. The lowest BCUT2D eigenvalue weighted by Gasteiger charge is -2.23. The van der Waals surface area contributed by atoms with Gasteiger partial charge in [0.1, 0.15) is 0 Å². The van der Waals surface area contributed by atoms with Gasteiger partial charge in [-0.3, -0.25) is 0 Å². The predicted molar refractivity (Wildman–Crippen MR) is 80.3 cm³/mol. The molecule has 1 rings (SSSR count). The van der Waals surface area contributed by atoms with E-state index >= 15 is 0 Å². The first-order valence-corrected chi connectivity index (χ1v) is 8.08. The second-order valence-electron chi connectivity index (χ2n) is 6.59. The molecule has 0 spiro atoms. The van der Waals surface area contributed by atoms with Crippen LogP contribution in [0.3, 0.4) is 0 Å².